The number of aromatic nitrogens is 1. The van der Waals surface area contributed by atoms with Gasteiger partial charge in [0.05, 0.1) is 5.52 Å². The molecule has 19 heavy (non-hydrogen) atoms. The van der Waals surface area contributed by atoms with Gasteiger partial charge in [-0.2, -0.15) is 0 Å². The molecule has 0 spiro atoms. The highest BCUT2D eigenvalue weighted by Crippen LogP contribution is 2.20. The number of sulfonamides is 1. The molecule has 3 N–H and O–H groups in total. The second kappa shape index (κ2) is 4.88. The monoisotopic (exact) mass is 279 g/mol. The number of hydrogen-bond acceptors (Lipinski definition) is 4. The third kappa shape index (κ3) is 3.28. The summed E-state index contributed by atoms with van der Waals surface area (Å²) in [5.74, 6) is 0. The first-order valence-corrected chi connectivity index (χ1v) is 7.40. The van der Waals surface area contributed by atoms with Gasteiger partial charge in [0.2, 0.25) is 10.0 Å². The minimum atomic E-state index is -3.61. The third-order valence-corrected chi connectivity index (χ3v) is 4.04. The summed E-state index contributed by atoms with van der Waals surface area (Å²) in [5.41, 5.74) is 5.65. The van der Waals surface area contributed by atoms with E-state index in [4.69, 9.17) is 5.73 Å². The van der Waals surface area contributed by atoms with Crippen LogP contribution in [0.1, 0.15) is 13.8 Å². The first-order chi connectivity index (χ1) is 8.80. The van der Waals surface area contributed by atoms with E-state index in [1.807, 2.05) is 12.1 Å². The van der Waals surface area contributed by atoms with Crippen molar-refractivity contribution in [3.05, 3.63) is 36.5 Å². The Morgan fingerprint density at radius 3 is 2.63 bits per heavy atom. The SMILES string of the molecule is CC(C)(N)CNS(=O)(=O)c1cccc2cccnc12. The molecule has 0 amide bonds. The van der Waals surface area contributed by atoms with E-state index < -0.39 is 15.6 Å². The van der Waals surface area contributed by atoms with Crippen LogP contribution in [0.2, 0.25) is 0 Å². The first-order valence-electron chi connectivity index (χ1n) is 5.92. The lowest BCUT2D eigenvalue weighted by molar-refractivity contribution is 0.498. The highest BCUT2D eigenvalue weighted by Gasteiger charge is 2.21. The van der Waals surface area contributed by atoms with Crippen LogP contribution in [0.3, 0.4) is 0 Å². The summed E-state index contributed by atoms with van der Waals surface area (Å²) in [6.07, 6.45) is 1.58. The molecule has 0 aliphatic heterocycles. The van der Waals surface area contributed by atoms with Crippen LogP contribution in [0.15, 0.2) is 41.4 Å². The summed E-state index contributed by atoms with van der Waals surface area (Å²) in [4.78, 5) is 4.32. The highest BCUT2D eigenvalue weighted by atomic mass is 32.2. The van der Waals surface area contributed by atoms with Gasteiger partial charge >= 0.3 is 0 Å². The Morgan fingerprint density at radius 2 is 1.95 bits per heavy atom. The Labute approximate surface area is 112 Å². The Hall–Kier alpha value is -1.50. The van der Waals surface area contributed by atoms with Crippen LogP contribution in [0.25, 0.3) is 10.9 Å². The molecule has 0 aliphatic rings. The lowest BCUT2D eigenvalue weighted by Crippen LogP contribution is -2.45. The van der Waals surface area contributed by atoms with Gasteiger partial charge in [-0.15, -0.1) is 0 Å². The van der Waals surface area contributed by atoms with Gasteiger partial charge in [-0.25, -0.2) is 13.1 Å². The summed E-state index contributed by atoms with van der Waals surface area (Å²) >= 11 is 0. The zero-order valence-electron chi connectivity index (χ0n) is 10.9. The number of hydrogen-bond donors (Lipinski definition) is 2. The maximum atomic E-state index is 12.3. The van der Waals surface area contributed by atoms with Crippen molar-refractivity contribution in [3.63, 3.8) is 0 Å². The topological polar surface area (TPSA) is 85.1 Å². The third-order valence-electron chi connectivity index (χ3n) is 2.60. The number of fused-ring (bicyclic) bond motifs is 1. The minimum absolute atomic E-state index is 0.165. The maximum Gasteiger partial charge on any atom is 0.242 e. The number of nitrogens with zero attached hydrogens (tertiary/aromatic N) is 1. The Morgan fingerprint density at radius 1 is 1.26 bits per heavy atom. The van der Waals surface area contributed by atoms with Crippen molar-refractivity contribution in [2.24, 2.45) is 5.73 Å². The Balaban J connectivity index is 2.44. The van der Waals surface area contributed by atoms with Crippen LogP contribution < -0.4 is 10.5 Å². The van der Waals surface area contributed by atoms with Gasteiger partial charge in [0.25, 0.3) is 0 Å². The van der Waals surface area contributed by atoms with E-state index >= 15 is 0 Å². The van der Waals surface area contributed by atoms with Crippen molar-refractivity contribution < 1.29 is 8.42 Å². The van der Waals surface area contributed by atoms with Crippen molar-refractivity contribution >= 4 is 20.9 Å². The zero-order chi connectivity index (χ0) is 14.1. The molecule has 0 saturated carbocycles. The van der Waals surface area contributed by atoms with Crippen molar-refractivity contribution in [2.75, 3.05) is 6.54 Å². The largest absolute Gasteiger partial charge is 0.324 e. The fraction of sp³-hybridized carbons (Fsp3) is 0.308. The van der Waals surface area contributed by atoms with Crippen LogP contribution in [-0.2, 0) is 10.0 Å². The molecule has 0 bridgehead atoms. The molecule has 0 atom stereocenters. The molecular weight excluding hydrogens is 262 g/mol. The number of pyridine rings is 1. The van der Waals surface area contributed by atoms with E-state index in [2.05, 4.69) is 9.71 Å². The molecule has 2 rings (SSSR count). The standard InChI is InChI=1S/C13H17N3O2S/c1-13(2,14)9-16-19(17,18)11-7-3-5-10-6-4-8-15-12(10)11/h3-8,16H,9,14H2,1-2H3. The van der Waals surface area contributed by atoms with Gasteiger partial charge in [-0.3, -0.25) is 4.98 Å². The Kier molecular flexibility index (Phi) is 3.58. The number of nitrogens with one attached hydrogen (secondary N) is 1. The smallest absolute Gasteiger partial charge is 0.242 e. The fourth-order valence-electron chi connectivity index (χ4n) is 1.65. The van der Waals surface area contributed by atoms with Crippen molar-refractivity contribution in [1.29, 1.82) is 0 Å². The van der Waals surface area contributed by atoms with E-state index in [0.29, 0.717) is 5.52 Å². The second-order valence-corrected chi connectivity index (χ2v) is 6.88. The van der Waals surface area contributed by atoms with Crippen LogP contribution in [0.5, 0.6) is 0 Å². The van der Waals surface area contributed by atoms with Crippen LogP contribution in [0.4, 0.5) is 0 Å². The van der Waals surface area contributed by atoms with Crippen molar-refractivity contribution in [1.82, 2.24) is 9.71 Å². The van der Waals surface area contributed by atoms with Gasteiger partial charge in [0, 0.05) is 23.7 Å². The predicted molar refractivity (Wildman–Crippen MR) is 75.2 cm³/mol. The summed E-state index contributed by atoms with van der Waals surface area (Å²) < 4.78 is 27.1. The van der Waals surface area contributed by atoms with E-state index in [-0.39, 0.29) is 11.4 Å². The number of nitrogens with two attached hydrogens (primary N) is 1. The number of para-hydroxylation sites is 1. The molecule has 0 aliphatic carbocycles. The van der Waals surface area contributed by atoms with Gasteiger partial charge in [0.1, 0.15) is 4.90 Å². The van der Waals surface area contributed by atoms with E-state index in [1.165, 1.54) is 0 Å². The van der Waals surface area contributed by atoms with E-state index in [1.54, 1.807) is 38.2 Å². The average Bonchev–Trinajstić information content (AvgIpc) is 2.35. The molecular formula is C13H17N3O2S. The van der Waals surface area contributed by atoms with E-state index in [9.17, 15) is 8.42 Å². The summed E-state index contributed by atoms with van der Waals surface area (Å²) in [7, 11) is -3.61. The zero-order valence-corrected chi connectivity index (χ0v) is 11.7. The van der Waals surface area contributed by atoms with Gasteiger partial charge < -0.3 is 5.73 Å². The molecule has 0 radical (unpaired) electrons. The van der Waals surface area contributed by atoms with Crippen LogP contribution >= 0.6 is 0 Å². The molecule has 102 valence electrons. The molecule has 2 aromatic rings. The number of benzene rings is 1. The summed E-state index contributed by atoms with van der Waals surface area (Å²) in [6.45, 7) is 3.69. The summed E-state index contributed by atoms with van der Waals surface area (Å²) in [5, 5.41) is 0.789. The normalized spacial score (nSPS) is 12.8. The van der Waals surface area contributed by atoms with E-state index in [0.717, 1.165) is 5.39 Å². The van der Waals surface area contributed by atoms with Crippen LogP contribution in [0, 0.1) is 0 Å². The summed E-state index contributed by atoms with van der Waals surface area (Å²) in [6, 6.07) is 8.67. The average molecular weight is 279 g/mol. The van der Waals surface area contributed by atoms with Crippen molar-refractivity contribution in [3.8, 4) is 0 Å². The molecule has 1 aromatic heterocycles. The van der Waals surface area contributed by atoms with Crippen molar-refractivity contribution in [2.45, 2.75) is 24.3 Å². The lowest BCUT2D eigenvalue weighted by atomic mass is 10.1. The maximum absolute atomic E-state index is 12.3. The molecule has 6 heteroatoms. The Bertz CT molecular complexity index is 685. The molecule has 0 unspecified atom stereocenters. The second-order valence-electron chi connectivity index (χ2n) is 5.14. The molecule has 1 aromatic carbocycles. The predicted octanol–water partition coefficient (Wildman–Crippen LogP) is 1.25. The fourth-order valence-corrected chi connectivity index (χ4v) is 3.05. The molecule has 0 saturated heterocycles. The van der Waals surface area contributed by atoms with Gasteiger partial charge in [0.15, 0.2) is 0 Å². The molecule has 5 nitrogen and oxygen atoms in total. The number of rotatable bonds is 4. The lowest BCUT2D eigenvalue weighted by Gasteiger charge is -2.19. The van der Waals surface area contributed by atoms with Gasteiger partial charge in [-0.1, -0.05) is 18.2 Å². The molecule has 0 fully saturated rings. The van der Waals surface area contributed by atoms with Gasteiger partial charge in [-0.05, 0) is 26.0 Å². The highest BCUT2D eigenvalue weighted by molar-refractivity contribution is 7.89. The minimum Gasteiger partial charge on any atom is -0.324 e. The van der Waals surface area contributed by atoms with Crippen LogP contribution in [-0.4, -0.2) is 25.5 Å². The quantitative estimate of drug-likeness (QED) is 0.882. The first kappa shape index (κ1) is 13.9. The molecule has 1 heterocycles.